The normalized spacial score (nSPS) is 19.8. The lowest BCUT2D eigenvalue weighted by Crippen LogP contribution is -2.47. The number of rotatable bonds is 4. The monoisotopic (exact) mass is 405 g/mol. The van der Waals surface area contributed by atoms with Gasteiger partial charge in [0.05, 0.1) is 22.5 Å². The van der Waals surface area contributed by atoms with Crippen LogP contribution in [-0.2, 0) is 6.42 Å². The molecule has 0 aliphatic carbocycles. The van der Waals surface area contributed by atoms with Crippen molar-refractivity contribution in [3.05, 3.63) is 44.9 Å². The molecule has 2 atom stereocenters. The van der Waals surface area contributed by atoms with E-state index in [4.69, 9.17) is 11.6 Å². The number of amides is 2. The number of anilines is 1. The fourth-order valence-electron chi connectivity index (χ4n) is 3.53. The summed E-state index contributed by atoms with van der Waals surface area (Å²) < 4.78 is 0. The zero-order chi connectivity index (χ0) is 19.6. The largest absolute Gasteiger partial charge is 0.333 e. The first kappa shape index (κ1) is 19.8. The molecule has 2 aromatic rings. The summed E-state index contributed by atoms with van der Waals surface area (Å²) in [6.45, 7) is 6.14. The molecule has 0 radical (unpaired) electrons. The maximum atomic E-state index is 13.3. The maximum absolute atomic E-state index is 13.3. The Morgan fingerprint density at radius 2 is 2.00 bits per heavy atom. The molecule has 3 rings (SSSR count). The van der Waals surface area contributed by atoms with Crippen LogP contribution in [0.2, 0.25) is 5.02 Å². The summed E-state index contributed by atoms with van der Waals surface area (Å²) in [6, 6.07) is 5.34. The highest BCUT2D eigenvalue weighted by Gasteiger charge is 2.31. The average Bonchev–Trinajstić information content (AvgIpc) is 3.12. The van der Waals surface area contributed by atoms with Crippen molar-refractivity contribution < 1.29 is 9.59 Å². The quantitative estimate of drug-likeness (QED) is 0.777. The number of piperidine rings is 1. The van der Waals surface area contributed by atoms with Gasteiger partial charge in [-0.2, -0.15) is 0 Å². The van der Waals surface area contributed by atoms with Crippen molar-refractivity contribution in [1.29, 1.82) is 0 Å². The van der Waals surface area contributed by atoms with Crippen LogP contribution >= 0.6 is 22.9 Å². The Balaban J connectivity index is 1.88. The number of thiazole rings is 1. The van der Waals surface area contributed by atoms with Gasteiger partial charge in [0.1, 0.15) is 4.88 Å². The first-order valence-electron chi connectivity index (χ1n) is 9.29. The van der Waals surface area contributed by atoms with Crippen LogP contribution in [0.4, 0.5) is 5.69 Å². The van der Waals surface area contributed by atoms with Crippen LogP contribution in [0.1, 0.15) is 65.1 Å². The topological polar surface area (TPSA) is 62.3 Å². The molecular formula is C20H24ClN3O2S. The van der Waals surface area contributed by atoms with Crippen molar-refractivity contribution in [2.75, 3.05) is 5.32 Å². The van der Waals surface area contributed by atoms with E-state index in [1.54, 1.807) is 24.4 Å². The highest BCUT2D eigenvalue weighted by Crippen LogP contribution is 2.29. The Morgan fingerprint density at radius 1 is 1.30 bits per heavy atom. The number of hydrogen-bond donors (Lipinski definition) is 1. The standard InChI is InChI=1S/C20H24ClN3O2S/c1-4-18-22-11-17(27-18)19(25)23-16-9-8-14(21)10-15(16)20(26)24-12(2)6-5-7-13(24)3/h8-13H,4-7H2,1-3H3,(H,23,25). The van der Waals surface area contributed by atoms with E-state index in [1.165, 1.54) is 11.3 Å². The predicted molar refractivity (Wildman–Crippen MR) is 110 cm³/mol. The van der Waals surface area contributed by atoms with Gasteiger partial charge in [-0.1, -0.05) is 18.5 Å². The molecule has 2 unspecified atom stereocenters. The third kappa shape index (κ3) is 4.33. The molecule has 2 amide bonds. The molecule has 1 N–H and O–H groups in total. The summed E-state index contributed by atoms with van der Waals surface area (Å²) in [6.07, 6.45) is 5.45. The van der Waals surface area contributed by atoms with E-state index in [1.807, 2.05) is 11.8 Å². The average molecular weight is 406 g/mol. The smallest absolute Gasteiger partial charge is 0.267 e. The van der Waals surface area contributed by atoms with Crippen LogP contribution in [0, 0.1) is 0 Å². The summed E-state index contributed by atoms with van der Waals surface area (Å²) in [7, 11) is 0. The van der Waals surface area contributed by atoms with Gasteiger partial charge in [0.25, 0.3) is 11.8 Å². The molecule has 7 heteroatoms. The molecule has 144 valence electrons. The minimum Gasteiger partial charge on any atom is -0.333 e. The van der Waals surface area contributed by atoms with Crippen molar-refractivity contribution in [3.63, 3.8) is 0 Å². The summed E-state index contributed by atoms with van der Waals surface area (Å²) in [5, 5.41) is 4.24. The summed E-state index contributed by atoms with van der Waals surface area (Å²) >= 11 is 7.52. The number of nitrogens with zero attached hydrogens (tertiary/aromatic N) is 2. The third-order valence-electron chi connectivity index (χ3n) is 4.97. The van der Waals surface area contributed by atoms with Crippen LogP contribution in [0.5, 0.6) is 0 Å². The number of aromatic nitrogens is 1. The van der Waals surface area contributed by atoms with Crippen molar-refractivity contribution in [2.45, 2.75) is 58.5 Å². The molecule has 1 aliphatic rings. The summed E-state index contributed by atoms with van der Waals surface area (Å²) in [5.74, 6) is -0.352. The molecule has 1 aliphatic heterocycles. The number of aryl methyl sites for hydroxylation is 1. The molecule has 0 bridgehead atoms. The lowest BCUT2D eigenvalue weighted by atomic mass is 9.96. The van der Waals surface area contributed by atoms with E-state index in [2.05, 4.69) is 24.1 Å². The molecule has 2 heterocycles. The van der Waals surface area contributed by atoms with Gasteiger partial charge in [-0.15, -0.1) is 11.3 Å². The molecule has 1 aromatic carbocycles. The predicted octanol–water partition coefficient (Wildman–Crippen LogP) is 5.01. The van der Waals surface area contributed by atoms with Crippen LogP contribution in [0.25, 0.3) is 0 Å². The number of hydrogen-bond acceptors (Lipinski definition) is 4. The molecule has 5 nitrogen and oxygen atoms in total. The zero-order valence-electron chi connectivity index (χ0n) is 15.8. The second-order valence-electron chi connectivity index (χ2n) is 6.96. The van der Waals surface area contributed by atoms with E-state index in [-0.39, 0.29) is 23.9 Å². The number of nitrogens with one attached hydrogen (secondary N) is 1. The van der Waals surface area contributed by atoms with E-state index in [0.29, 0.717) is 21.2 Å². The fourth-order valence-corrected chi connectivity index (χ4v) is 4.45. The van der Waals surface area contributed by atoms with Crippen molar-refractivity contribution in [2.24, 2.45) is 0 Å². The first-order valence-corrected chi connectivity index (χ1v) is 10.5. The lowest BCUT2D eigenvalue weighted by molar-refractivity contribution is 0.0512. The van der Waals surface area contributed by atoms with E-state index >= 15 is 0 Å². The van der Waals surface area contributed by atoms with Crippen LogP contribution in [0.15, 0.2) is 24.4 Å². The van der Waals surface area contributed by atoms with E-state index < -0.39 is 0 Å². The van der Waals surface area contributed by atoms with E-state index in [0.717, 1.165) is 30.7 Å². The minimum atomic E-state index is -0.261. The zero-order valence-corrected chi connectivity index (χ0v) is 17.4. The molecule has 1 fully saturated rings. The molecule has 1 saturated heterocycles. The number of carbonyl (C=O) groups excluding carboxylic acids is 2. The van der Waals surface area contributed by atoms with Crippen molar-refractivity contribution in [1.82, 2.24) is 9.88 Å². The Morgan fingerprint density at radius 3 is 2.63 bits per heavy atom. The van der Waals surface area contributed by atoms with Gasteiger partial charge in [0.15, 0.2) is 0 Å². The fraction of sp³-hybridized carbons (Fsp3) is 0.450. The Hall–Kier alpha value is -1.92. The van der Waals surface area contributed by atoms with Gasteiger partial charge in [0.2, 0.25) is 0 Å². The highest BCUT2D eigenvalue weighted by atomic mass is 35.5. The van der Waals surface area contributed by atoms with Crippen LogP contribution in [0.3, 0.4) is 0 Å². The SMILES string of the molecule is CCc1ncc(C(=O)Nc2ccc(Cl)cc2C(=O)N2C(C)CCCC2C)s1. The van der Waals surface area contributed by atoms with Crippen molar-refractivity contribution in [3.8, 4) is 0 Å². The van der Waals surface area contributed by atoms with Crippen molar-refractivity contribution >= 4 is 40.4 Å². The molecule has 0 saturated carbocycles. The van der Waals surface area contributed by atoms with Gasteiger partial charge in [0, 0.05) is 17.1 Å². The second kappa shape index (κ2) is 8.40. The second-order valence-corrected chi connectivity index (χ2v) is 8.51. The van der Waals surface area contributed by atoms with Gasteiger partial charge < -0.3 is 10.2 Å². The molecule has 1 aromatic heterocycles. The number of likely N-dealkylation sites (tertiary alicyclic amines) is 1. The number of benzene rings is 1. The van der Waals surface area contributed by atoms with Crippen LogP contribution in [-0.4, -0.2) is 33.8 Å². The first-order chi connectivity index (χ1) is 12.9. The lowest BCUT2D eigenvalue weighted by Gasteiger charge is -2.39. The van der Waals surface area contributed by atoms with E-state index in [9.17, 15) is 9.59 Å². The van der Waals surface area contributed by atoms with Gasteiger partial charge >= 0.3 is 0 Å². The Kier molecular flexibility index (Phi) is 6.17. The molecule has 0 spiro atoms. The van der Waals surface area contributed by atoms with Gasteiger partial charge in [-0.3, -0.25) is 9.59 Å². The highest BCUT2D eigenvalue weighted by molar-refractivity contribution is 7.13. The summed E-state index contributed by atoms with van der Waals surface area (Å²) in [5.41, 5.74) is 0.905. The third-order valence-corrected chi connectivity index (χ3v) is 6.34. The Labute approximate surface area is 168 Å². The molecular weight excluding hydrogens is 382 g/mol. The summed E-state index contributed by atoms with van der Waals surface area (Å²) in [4.78, 5) is 32.5. The number of carbonyl (C=O) groups is 2. The number of halogens is 1. The van der Waals surface area contributed by atoms with Gasteiger partial charge in [-0.25, -0.2) is 4.98 Å². The molecule has 27 heavy (non-hydrogen) atoms. The Bertz CT molecular complexity index is 842. The maximum Gasteiger partial charge on any atom is 0.267 e. The van der Waals surface area contributed by atoms with Crippen LogP contribution < -0.4 is 5.32 Å². The van der Waals surface area contributed by atoms with Gasteiger partial charge in [-0.05, 0) is 57.7 Å². The minimum absolute atomic E-state index is 0.0916.